The van der Waals surface area contributed by atoms with Crippen molar-refractivity contribution in [3.05, 3.63) is 34.2 Å². The van der Waals surface area contributed by atoms with E-state index in [0.717, 1.165) is 36.8 Å². The summed E-state index contributed by atoms with van der Waals surface area (Å²) >= 11 is 2.81. The molecule has 0 atom stereocenters. The molecule has 1 aliphatic carbocycles. The molecule has 0 saturated carbocycles. The molecule has 1 fully saturated rings. The molecule has 0 unspecified atom stereocenters. The summed E-state index contributed by atoms with van der Waals surface area (Å²) in [5, 5.41) is 13.8. The van der Waals surface area contributed by atoms with Crippen LogP contribution in [0.15, 0.2) is 28.3 Å². The highest BCUT2D eigenvalue weighted by Crippen LogP contribution is 2.38. The molecule has 1 aliphatic heterocycles. The van der Waals surface area contributed by atoms with Crippen LogP contribution in [0.5, 0.6) is 0 Å². The van der Waals surface area contributed by atoms with Gasteiger partial charge in [-0.1, -0.05) is 11.8 Å². The second-order valence-corrected chi connectivity index (χ2v) is 12.7. The fraction of sp³-hybridized carbons (Fsp3) is 0.458. The molecular weight excluding hydrogens is 518 g/mol. The molecule has 2 aromatic heterocycles. The number of nitrogens with one attached hydrogen (secondary N) is 1. The monoisotopic (exact) mass is 545 g/mol. The highest BCUT2D eigenvalue weighted by Gasteiger charge is 2.27. The molecule has 9 nitrogen and oxygen atoms in total. The Morgan fingerprint density at radius 3 is 2.81 bits per heavy atom. The number of hydrogen-bond donors (Lipinski definition) is 1. The van der Waals surface area contributed by atoms with E-state index in [1.54, 1.807) is 18.2 Å². The van der Waals surface area contributed by atoms with Crippen molar-refractivity contribution in [3.8, 4) is 6.07 Å². The van der Waals surface area contributed by atoms with Gasteiger partial charge in [0.25, 0.3) is 0 Å². The van der Waals surface area contributed by atoms with Crippen molar-refractivity contribution in [2.75, 3.05) is 37.4 Å². The van der Waals surface area contributed by atoms with E-state index >= 15 is 0 Å². The van der Waals surface area contributed by atoms with E-state index in [0.29, 0.717) is 54.1 Å². The molecule has 36 heavy (non-hydrogen) atoms. The van der Waals surface area contributed by atoms with E-state index in [-0.39, 0.29) is 16.6 Å². The number of aromatic nitrogens is 2. The largest absolute Gasteiger partial charge is 0.379 e. The van der Waals surface area contributed by atoms with Crippen molar-refractivity contribution >= 4 is 55.1 Å². The number of amides is 1. The standard InChI is InChI=1S/C24H27N5O4S3/c1-2-29-20-8-7-16(36(31,32)28-9-11-33-12-10-28)13-19(20)26-24(29)34-15-22(30)27-23-18(14-25)17-5-3-4-6-21(17)35-23/h7-8,13H,2-6,9-12,15H2,1H3,(H,27,30). The van der Waals surface area contributed by atoms with E-state index in [1.165, 1.54) is 32.3 Å². The van der Waals surface area contributed by atoms with Gasteiger partial charge in [0, 0.05) is 24.5 Å². The number of imidazole rings is 1. The van der Waals surface area contributed by atoms with Crippen LogP contribution in [0.1, 0.15) is 35.8 Å². The second-order valence-electron chi connectivity index (χ2n) is 8.67. The number of anilines is 1. The molecule has 1 saturated heterocycles. The van der Waals surface area contributed by atoms with Gasteiger partial charge < -0.3 is 14.6 Å². The number of benzene rings is 1. The maximum absolute atomic E-state index is 13.1. The Labute approximate surface area is 218 Å². The fourth-order valence-electron chi connectivity index (χ4n) is 4.66. The first-order valence-electron chi connectivity index (χ1n) is 12.0. The topological polar surface area (TPSA) is 117 Å². The summed E-state index contributed by atoms with van der Waals surface area (Å²) in [6, 6.07) is 7.27. The van der Waals surface area contributed by atoms with Crippen LogP contribution in [0.25, 0.3) is 11.0 Å². The number of morpholine rings is 1. The number of hydrogen-bond acceptors (Lipinski definition) is 8. The Morgan fingerprint density at radius 2 is 2.06 bits per heavy atom. The van der Waals surface area contributed by atoms with Gasteiger partial charge in [0.2, 0.25) is 15.9 Å². The van der Waals surface area contributed by atoms with Crippen LogP contribution in [0.4, 0.5) is 5.00 Å². The summed E-state index contributed by atoms with van der Waals surface area (Å²) in [6.45, 7) is 4.06. The van der Waals surface area contributed by atoms with Crippen molar-refractivity contribution in [2.24, 2.45) is 0 Å². The van der Waals surface area contributed by atoms with Gasteiger partial charge in [-0.15, -0.1) is 11.3 Å². The molecule has 1 aromatic carbocycles. The molecule has 0 radical (unpaired) electrons. The third kappa shape index (κ3) is 4.78. The van der Waals surface area contributed by atoms with Gasteiger partial charge in [0.05, 0.1) is 40.5 Å². The highest BCUT2D eigenvalue weighted by atomic mass is 32.2. The Hall–Kier alpha value is -2.43. The lowest BCUT2D eigenvalue weighted by Crippen LogP contribution is -2.40. The first-order chi connectivity index (χ1) is 17.4. The van der Waals surface area contributed by atoms with Gasteiger partial charge in [-0.05, 0) is 56.4 Å². The first-order valence-corrected chi connectivity index (χ1v) is 15.2. The van der Waals surface area contributed by atoms with Gasteiger partial charge >= 0.3 is 0 Å². The van der Waals surface area contributed by atoms with Crippen LogP contribution in [0.2, 0.25) is 0 Å². The Kier molecular flexibility index (Phi) is 7.37. The van der Waals surface area contributed by atoms with Gasteiger partial charge in [-0.25, -0.2) is 13.4 Å². The quantitative estimate of drug-likeness (QED) is 0.451. The third-order valence-electron chi connectivity index (χ3n) is 6.48. The summed E-state index contributed by atoms with van der Waals surface area (Å²) in [4.78, 5) is 18.8. The minimum Gasteiger partial charge on any atom is -0.379 e. The van der Waals surface area contributed by atoms with Gasteiger partial charge in [-0.3, -0.25) is 4.79 Å². The van der Waals surface area contributed by atoms with Crippen molar-refractivity contribution in [3.63, 3.8) is 0 Å². The number of nitrogens with zero attached hydrogens (tertiary/aromatic N) is 4. The van der Waals surface area contributed by atoms with E-state index in [1.807, 2.05) is 11.5 Å². The van der Waals surface area contributed by atoms with E-state index in [4.69, 9.17) is 4.74 Å². The predicted octanol–water partition coefficient (Wildman–Crippen LogP) is 3.62. The second kappa shape index (κ2) is 10.5. The van der Waals surface area contributed by atoms with Crippen LogP contribution in [-0.4, -0.2) is 60.2 Å². The lowest BCUT2D eigenvalue weighted by molar-refractivity contribution is -0.113. The summed E-state index contributed by atoms with van der Waals surface area (Å²) in [6.07, 6.45) is 4.04. The van der Waals surface area contributed by atoms with Crippen LogP contribution >= 0.6 is 23.1 Å². The number of aryl methyl sites for hydroxylation is 2. The molecule has 12 heteroatoms. The van der Waals surface area contributed by atoms with Crippen molar-refractivity contribution < 1.29 is 17.9 Å². The molecular formula is C24H27N5O4S3. The molecule has 1 N–H and O–H groups in total. The van der Waals surface area contributed by atoms with Crippen molar-refractivity contribution in [1.29, 1.82) is 5.26 Å². The van der Waals surface area contributed by atoms with Gasteiger partial charge in [0.15, 0.2) is 5.16 Å². The zero-order valence-corrected chi connectivity index (χ0v) is 22.4. The number of rotatable bonds is 7. The third-order valence-corrected chi connectivity index (χ3v) is 10.6. The maximum atomic E-state index is 13.1. The zero-order valence-electron chi connectivity index (χ0n) is 19.9. The minimum atomic E-state index is -3.62. The maximum Gasteiger partial charge on any atom is 0.243 e. The first kappa shape index (κ1) is 25.2. The number of nitriles is 1. The Bertz CT molecular complexity index is 1450. The lowest BCUT2D eigenvalue weighted by atomic mass is 9.96. The smallest absolute Gasteiger partial charge is 0.243 e. The van der Waals surface area contributed by atoms with E-state index < -0.39 is 10.0 Å². The zero-order chi connectivity index (χ0) is 25.3. The van der Waals surface area contributed by atoms with Gasteiger partial charge in [0.1, 0.15) is 11.1 Å². The molecule has 1 amide bonds. The van der Waals surface area contributed by atoms with E-state index in [2.05, 4.69) is 16.4 Å². The number of ether oxygens (including phenoxy) is 1. The molecule has 0 bridgehead atoms. The number of thiophene rings is 1. The minimum absolute atomic E-state index is 0.135. The number of sulfonamides is 1. The highest BCUT2D eigenvalue weighted by molar-refractivity contribution is 7.99. The predicted molar refractivity (Wildman–Crippen MR) is 140 cm³/mol. The van der Waals surface area contributed by atoms with E-state index in [9.17, 15) is 18.5 Å². The number of carbonyl (C=O) groups excluding carboxylic acids is 1. The van der Waals surface area contributed by atoms with Crippen molar-refractivity contribution in [2.45, 2.75) is 49.2 Å². The summed E-state index contributed by atoms with van der Waals surface area (Å²) in [5.41, 5.74) is 3.08. The van der Waals surface area contributed by atoms with Crippen LogP contribution in [0.3, 0.4) is 0 Å². The summed E-state index contributed by atoms with van der Waals surface area (Å²) in [5.74, 6) is -0.0595. The molecule has 190 valence electrons. The lowest BCUT2D eigenvalue weighted by Gasteiger charge is -2.26. The number of carbonyl (C=O) groups is 1. The van der Waals surface area contributed by atoms with Crippen molar-refractivity contribution in [1.82, 2.24) is 13.9 Å². The Balaban J connectivity index is 1.33. The summed E-state index contributed by atoms with van der Waals surface area (Å²) in [7, 11) is -3.62. The molecule has 3 heterocycles. The fourth-order valence-corrected chi connectivity index (χ4v) is 8.23. The number of fused-ring (bicyclic) bond motifs is 2. The molecule has 5 rings (SSSR count). The average Bonchev–Trinajstić information content (AvgIpc) is 3.44. The Morgan fingerprint density at radius 1 is 1.28 bits per heavy atom. The molecule has 2 aliphatic rings. The van der Waals surface area contributed by atoms with Crippen LogP contribution < -0.4 is 5.32 Å². The molecule has 0 spiro atoms. The van der Waals surface area contributed by atoms with Crippen LogP contribution in [-0.2, 0) is 38.9 Å². The summed E-state index contributed by atoms with van der Waals surface area (Å²) < 4.78 is 34.8. The normalized spacial score (nSPS) is 16.6. The average molecular weight is 546 g/mol. The SMILES string of the molecule is CCn1c(SCC(=O)Nc2sc3c(c2C#N)CCCC3)nc2cc(S(=O)(=O)N3CCOCC3)ccc21. The van der Waals surface area contributed by atoms with Gasteiger partial charge in [-0.2, -0.15) is 9.57 Å². The molecule has 3 aromatic rings. The van der Waals surface area contributed by atoms with Crippen LogP contribution in [0, 0.1) is 11.3 Å². The number of thioether (sulfide) groups is 1.